The number of hydrogen-bond donors (Lipinski definition) is 3. The molecule has 4 rings (SSSR count). The van der Waals surface area contributed by atoms with E-state index in [9.17, 15) is 4.79 Å². The van der Waals surface area contributed by atoms with Gasteiger partial charge in [-0.05, 0) is 63.1 Å². The normalized spacial score (nSPS) is 22.2. The van der Waals surface area contributed by atoms with Gasteiger partial charge in [0.25, 0.3) is 0 Å². The molecule has 5 N–H and O–H groups in total. The van der Waals surface area contributed by atoms with Crippen molar-refractivity contribution in [2.75, 3.05) is 10.2 Å². The second-order valence-electron chi connectivity index (χ2n) is 8.66. The van der Waals surface area contributed by atoms with Gasteiger partial charge in [0.15, 0.2) is 0 Å². The number of aryl methyl sites for hydroxylation is 1. The molecular weight excluding hydrogens is 364 g/mol. The van der Waals surface area contributed by atoms with E-state index >= 15 is 0 Å². The molecule has 1 amide bonds. The van der Waals surface area contributed by atoms with E-state index in [0.29, 0.717) is 5.96 Å². The fourth-order valence-corrected chi connectivity index (χ4v) is 5.00. The van der Waals surface area contributed by atoms with Crippen LogP contribution in [0.15, 0.2) is 28.2 Å². The monoisotopic (exact) mass is 396 g/mol. The molecule has 2 saturated carbocycles. The third-order valence-corrected chi connectivity index (χ3v) is 6.48. The van der Waals surface area contributed by atoms with Gasteiger partial charge in [0.1, 0.15) is 5.66 Å². The molecule has 1 spiro atoms. The van der Waals surface area contributed by atoms with Crippen LogP contribution in [0, 0.1) is 12.8 Å². The Bertz CT molecular complexity index is 834. The molecule has 0 saturated heterocycles. The van der Waals surface area contributed by atoms with Crippen molar-refractivity contribution >= 4 is 29.2 Å². The van der Waals surface area contributed by atoms with Crippen molar-refractivity contribution in [3.63, 3.8) is 0 Å². The van der Waals surface area contributed by atoms with Crippen LogP contribution in [0.5, 0.6) is 0 Å². The number of guanidine groups is 2. The standard InChI is InChI=1S/C22H32N6O/c1-15-10-11-17(25-19(29)16-8-4-2-5-9-16)18(14-15)28-21(24)26-20(23)27-22(28)12-6-3-7-13-22/h10-11,14,16H,2-9,12-13H2,1H3,(H,25,29)(H4,23,24,26,27). The molecule has 0 atom stereocenters. The van der Waals surface area contributed by atoms with Crippen LogP contribution in [0.4, 0.5) is 11.4 Å². The highest BCUT2D eigenvalue weighted by molar-refractivity contribution is 6.08. The molecule has 1 aliphatic heterocycles. The molecule has 2 aliphatic carbocycles. The van der Waals surface area contributed by atoms with Gasteiger partial charge >= 0.3 is 0 Å². The lowest BCUT2D eigenvalue weighted by molar-refractivity contribution is -0.120. The first-order valence-electron chi connectivity index (χ1n) is 10.9. The van der Waals surface area contributed by atoms with Gasteiger partial charge in [0.05, 0.1) is 11.4 Å². The number of nitrogens with zero attached hydrogens (tertiary/aromatic N) is 3. The minimum atomic E-state index is -0.522. The number of rotatable bonds is 3. The number of aliphatic imine (C=N–C) groups is 2. The highest BCUT2D eigenvalue weighted by atomic mass is 16.1. The van der Waals surface area contributed by atoms with Gasteiger partial charge in [-0.1, -0.05) is 31.7 Å². The van der Waals surface area contributed by atoms with Crippen molar-refractivity contribution in [2.45, 2.75) is 76.8 Å². The second-order valence-corrected chi connectivity index (χ2v) is 8.66. The molecule has 0 aromatic heterocycles. The van der Waals surface area contributed by atoms with E-state index in [4.69, 9.17) is 16.5 Å². The minimum absolute atomic E-state index is 0.0857. The van der Waals surface area contributed by atoms with Crippen LogP contribution < -0.4 is 21.7 Å². The van der Waals surface area contributed by atoms with Gasteiger partial charge in [-0.3, -0.25) is 9.69 Å². The fourth-order valence-electron chi connectivity index (χ4n) is 5.00. The first-order valence-corrected chi connectivity index (χ1v) is 10.9. The summed E-state index contributed by atoms with van der Waals surface area (Å²) in [6.45, 7) is 2.04. The zero-order valence-electron chi connectivity index (χ0n) is 17.3. The smallest absolute Gasteiger partial charge is 0.227 e. The van der Waals surface area contributed by atoms with Crippen molar-refractivity contribution < 1.29 is 4.79 Å². The Balaban J connectivity index is 1.70. The van der Waals surface area contributed by atoms with Crippen LogP contribution in [0.1, 0.15) is 69.8 Å². The average molecular weight is 397 g/mol. The van der Waals surface area contributed by atoms with Gasteiger partial charge in [0, 0.05) is 5.92 Å². The van der Waals surface area contributed by atoms with E-state index in [2.05, 4.69) is 16.4 Å². The highest BCUT2D eigenvalue weighted by Crippen LogP contribution is 2.42. The van der Waals surface area contributed by atoms with Crippen LogP contribution in [-0.2, 0) is 4.79 Å². The lowest BCUT2D eigenvalue weighted by Crippen LogP contribution is -2.58. The molecule has 0 radical (unpaired) electrons. The van der Waals surface area contributed by atoms with E-state index in [1.165, 1.54) is 12.8 Å². The van der Waals surface area contributed by atoms with Gasteiger partial charge in [0.2, 0.25) is 17.8 Å². The maximum Gasteiger partial charge on any atom is 0.227 e. The summed E-state index contributed by atoms with van der Waals surface area (Å²) >= 11 is 0. The Morgan fingerprint density at radius 2 is 1.79 bits per heavy atom. The predicted octanol–water partition coefficient (Wildman–Crippen LogP) is 3.62. The molecule has 29 heavy (non-hydrogen) atoms. The summed E-state index contributed by atoms with van der Waals surface area (Å²) < 4.78 is 0. The van der Waals surface area contributed by atoms with Crippen molar-refractivity contribution in [1.29, 1.82) is 0 Å². The van der Waals surface area contributed by atoms with Gasteiger partial charge in [-0.25, -0.2) is 4.99 Å². The second kappa shape index (κ2) is 8.05. The molecule has 2 fully saturated rings. The van der Waals surface area contributed by atoms with Gasteiger partial charge in [-0.2, -0.15) is 4.99 Å². The number of nitrogens with two attached hydrogens (primary N) is 2. The van der Waals surface area contributed by atoms with Crippen LogP contribution in [0.3, 0.4) is 0 Å². The molecule has 7 nitrogen and oxygen atoms in total. The molecular formula is C22H32N6O. The first kappa shape index (κ1) is 19.7. The summed E-state index contributed by atoms with van der Waals surface area (Å²) in [6, 6.07) is 6.05. The molecule has 1 heterocycles. The van der Waals surface area contributed by atoms with E-state index in [0.717, 1.165) is 68.3 Å². The maximum absolute atomic E-state index is 13.0. The average Bonchev–Trinajstić information content (AvgIpc) is 2.70. The Morgan fingerprint density at radius 1 is 1.10 bits per heavy atom. The zero-order chi connectivity index (χ0) is 20.4. The largest absolute Gasteiger partial charge is 0.369 e. The van der Waals surface area contributed by atoms with Crippen molar-refractivity contribution in [3.8, 4) is 0 Å². The molecule has 7 heteroatoms. The highest BCUT2D eigenvalue weighted by Gasteiger charge is 2.43. The fraction of sp³-hybridized carbons (Fsp3) is 0.591. The topological polar surface area (TPSA) is 109 Å². The third kappa shape index (κ3) is 3.95. The first-order chi connectivity index (χ1) is 14.0. The van der Waals surface area contributed by atoms with Crippen molar-refractivity contribution in [3.05, 3.63) is 23.8 Å². The Labute approximate surface area is 172 Å². The summed E-state index contributed by atoms with van der Waals surface area (Å²) in [5.74, 6) is 0.768. The SMILES string of the molecule is Cc1ccc(NC(=O)C2CCCCC2)c(N2C(N)=NC(N)=NC23CCCCC3)c1. The van der Waals surface area contributed by atoms with Crippen molar-refractivity contribution in [2.24, 2.45) is 27.4 Å². The lowest BCUT2D eigenvalue weighted by atomic mass is 9.87. The van der Waals surface area contributed by atoms with Gasteiger partial charge < -0.3 is 16.8 Å². The van der Waals surface area contributed by atoms with Crippen LogP contribution >= 0.6 is 0 Å². The molecule has 1 aromatic rings. The summed E-state index contributed by atoms with van der Waals surface area (Å²) in [4.78, 5) is 24.0. The lowest BCUT2D eigenvalue weighted by Gasteiger charge is -2.46. The zero-order valence-corrected chi connectivity index (χ0v) is 17.3. The molecule has 156 valence electrons. The third-order valence-electron chi connectivity index (χ3n) is 6.48. The van der Waals surface area contributed by atoms with E-state index < -0.39 is 5.66 Å². The minimum Gasteiger partial charge on any atom is -0.369 e. The Hall–Kier alpha value is -2.57. The number of nitrogens with one attached hydrogen (secondary N) is 1. The van der Waals surface area contributed by atoms with Crippen molar-refractivity contribution in [1.82, 2.24) is 0 Å². The van der Waals surface area contributed by atoms with Gasteiger partial charge in [-0.15, -0.1) is 0 Å². The molecule has 0 unspecified atom stereocenters. The van der Waals surface area contributed by atoms with Crippen LogP contribution in [0.25, 0.3) is 0 Å². The number of carbonyl (C=O) groups is 1. The predicted molar refractivity (Wildman–Crippen MR) is 118 cm³/mol. The summed E-state index contributed by atoms with van der Waals surface area (Å²) in [5.41, 5.74) is 14.6. The summed E-state index contributed by atoms with van der Waals surface area (Å²) in [7, 11) is 0. The van der Waals surface area contributed by atoms with Crippen LogP contribution in [0.2, 0.25) is 0 Å². The Morgan fingerprint density at radius 3 is 2.52 bits per heavy atom. The number of carbonyl (C=O) groups excluding carboxylic acids is 1. The van der Waals surface area contributed by atoms with E-state index in [1.807, 2.05) is 24.0 Å². The maximum atomic E-state index is 13.0. The Kier molecular flexibility index (Phi) is 5.48. The van der Waals surface area contributed by atoms with E-state index in [-0.39, 0.29) is 17.8 Å². The molecule has 3 aliphatic rings. The molecule has 0 bridgehead atoms. The van der Waals surface area contributed by atoms with E-state index in [1.54, 1.807) is 0 Å². The number of benzene rings is 1. The number of anilines is 2. The number of amides is 1. The summed E-state index contributed by atoms with van der Waals surface area (Å²) in [5, 5.41) is 3.19. The quantitative estimate of drug-likeness (QED) is 0.725. The molecule has 1 aromatic carbocycles. The number of hydrogen-bond acceptors (Lipinski definition) is 6. The summed E-state index contributed by atoms with van der Waals surface area (Å²) in [6.07, 6.45) is 10.5. The van der Waals surface area contributed by atoms with Crippen LogP contribution in [-0.4, -0.2) is 23.5 Å².